The molecular formula is C11H17N5O. The molecule has 1 saturated carbocycles. The van der Waals surface area contributed by atoms with Gasteiger partial charge in [0, 0.05) is 18.2 Å². The van der Waals surface area contributed by atoms with Crippen molar-refractivity contribution in [2.45, 2.75) is 31.7 Å². The van der Waals surface area contributed by atoms with Crippen LogP contribution in [0.5, 0.6) is 0 Å². The summed E-state index contributed by atoms with van der Waals surface area (Å²) in [5.74, 6) is 0.846. The Bertz CT molecular complexity index is 401. The minimum Gasteiger partial charge on any atom is -0.369 e. The fourth-order valence-electron chi connectivity index (χ4n) is 2.19. The number of anilines is 2. The third-order valence-electron chi connectivity index (χ3n) is 3.16. The number of hydrogen-bond acceptors (Lipinski definition) is 5. The van der Waals surface area contributed by atoms with E-state index >= 15 is 0 Å². The fourth-order valence-corrected chi connectivity index (χ4v) is 2.19. The Hall–Kier alpha value is -1.85. The number of hydrogen-bond donors (Lipinski definition) is 3. The number of carbonyl (C=O) groups excluding carboxylic acids is 1. The molecule has 5 N–H and O–H groups in total. The summed E-state index contributed by atoms with van der Waals surface area (Å²) in [5.41, 5.74) is 10.8. The largest absolute Gasteiger partial charge is 0.369 e. The van der Waals surface area contributed by atoms with Crippen LogP contribution in [-0.4, -0.2) is 21.9 Å². The highest BCUT2D eigenvalue weighted by atomic mass is 16.1. The van der Waals surface area contributed by atoms with Crippen molar-refractivity contribution < 1.29 is 4.79 Å². The Morgan fingerprint density at radius 3 is 2.65 bits per heavy atom. The molecule has 0 aliphatic heterocycles. The lowest BCUT2D eigenvalue weighted by Gasteiger charge is -2.27. The molecule has 92 valence electrons. The van der Waals surface area contributed by atoms with E-state index in [2.05, 4.69) is 15.3 Å². The normalized spacial score (nSPS) is 24.2. The van der Waals surface area contributed by atoms with Gasteiger partial charge in [0.2, 0.25) is 11.9 Å². The third-order valence-corrected chi connectivity index (χ3v) is 3.16. The van der Waals surface area contributed by atoms with Gasteiger partial charge in [0.25, 0.3) is 0 Å². The Kier molecular flexibility index (Phi) is 3.41. The van der Waals surface area contributed by atoms with Gasteiger partial charge in [-0.2, -0.15) is 4.98 Å². The predicted molar refractivity (Wildman–Crippen MR) is 65.0 cm³/mol. The van der Waals surface area contributed by atoms with Gasteiger partial charge in [-0.1, -0.05) is 0 Å². The van der Waals surface area contributed by atoms with Crippen LogP contribution in [0.25, 0.3) is 0 Å². The molecule has 0 radical (unpaired) electrons. The van der Waals surface area contributed by atoms with E-state index < -0.39 is 0 Å². The lowest BCUT2D eigenvalue weighted by Crippen LogP contribution is -2.32. The van der Waals surface area contributed by atoms with E-state index in [0.717, 1.165) is 31.5 Å². The number of primary amides is 1. The van der Waals surface area contributed by atoms with Gasteiger partial charge in [0.15, 0.2) is 0 Å². The number of nitrogens with zero attached hydrogens (tertiary/aromatic N) is 2. The van der Waals surface area contributed by atoms with Crippen LogP contribution < -0.4 is 16.8 Å². The van der Waals surface area contributed by atoms with Gasteiger partial charge in [-0.05, 0) is 31.7 Å². The molecule has 1 aromatic rings. The second-order valence-electron chi connectivity index (χ2n) is 4.40. The minimum absolute atomic E-state index is 0.0310. The fraction of sp³-hybridized carbons (Fsp3) is 0.545. The summed E-state index contributed by atoms with van der Waals surface area (Å²) in [6.45, 7) is 0. The Labute approximate surface area is 99.8 Å². The molecule has 1 aliphatic rings. The summed E-state index contributed by atoms with van der Waals surface area (Å²) >= 11 is 0. The average Bonchev–Trinajstić information content (AvgIpc) is 2.29. The number of nitrogens with two attached hydrogens (primary N) is 2. The van der Waals surface area contributed by atoms with Crippen LogP contribution in [-0.2, 0) is 4.79 Å². The second-order valence-corrected chi connectivity index (χ2v) is 4.40. The van der Waals surface area contributed by atoms with Gasteiger partial charge >= 0.3 is 0 Å². The molecule has 6 heteroatoms. The zero-order valence-corrected chi connectivity index (χ0v) is 9.60. The molecule has 2 rings (SSSR count). The van der Waals surface area contributed by atoms with E-state index in [1.54, 1.807) is 12.3 Å². The van der Waals surface area contributed by atoms with Crippen molar-refractivity contribution in [2.24, 2.45) is 11.7 Å². The zero-order valence-electron chi connectivity index (χ0n) is 9.60. The molecule has 1 fully saturated rings. The van der Waals surface area contributed by atoms with E-state index in [-0.39, 0.29) is 17.8 Å². The maximum atomic E-state index is 11.0. The number of rotatable bonds is 3. The number of carbonyl (C=O) groups is 1. The Balaban J connectivity index is 1.88. The van der Waals surface area contributed by atoms with Crippen molar-refractivity contribution in [1.82, 2.24) is 9.97 Å². The summed E-state index contributed by atoms with van der Waals surface area (Å²) in [6.07, 6.45) is 5.16. The van der Waals surface area contributed by atoms with Gasteiger partial charge in [-0.15, -0.1) is 0 Å². The summed E-state index contributed by atoms with van der Waals surface area (Å²) in [6, 6.07) is 2.12. The summed E-state index contributed by atoms with van der Waals surface area (Å²) in [5, 5.41) is 3.30. The van der Waals surface area contributed by atoms with Crippen LogP contribution in [0.1, 0.15) is 25.7 Å². The van der Waals surface area contributed by atoms with Crippen molar-refractivity contribution in [1.29, 1.82) is 0 Å². The van der Waals surface area contributed by atoms with Crippen LogP contribution in [0.2, 0.25) is 0 Å². The number of nitrogens with one attached hydrogen (secondary N) is 1. The van der Waals surface area contributed by atoms with Crippen LogP contribution in [0.3, 0.4) is 0 Å². The van der Waals surface area contributed by atoms with Crippen molar-refractivity contribution >= 4 is 17.7 Å². The maximum absolute atomic E-state index is 11.0. The minimum atomic E-state index is -0.185. The van der Waals surface area contributed by atoms with Gasteiger partial charge in [0.05, 0.1) is 0 Å². The maximum Gasteiger partial charge on any atom is 0.221 e. The number of aromatic nitrogens is 2. The SMILES string of the molecule is NC(=O)C1CCC(Nc2ccnc(N)n2)CC1. The Morgan fingerprint density at radius 1 is 1.35 bits per heavy atom. The highest BCUT2D eigenvalue weighted by molar-refractivity contribution is 5.76. The molecule has 0 saturated heterocycles. The number of amides is 1. The number of nitrogen functional groups attached to an aromatic ring is 1. The van der Waals surface area contributed by atoms with Crippen LogP contribution >= 0.6 is 0 Å². The molecule has 0 aromatic carbocycles. The first kappa shape index (κ1) is 11.6. The molecule has 0 unspecified atom stereocenters. The molecule has 0 spiro atoms. The van der Waals surface area contributed by atoms with Gasteiger partial charge in [0.1, 0.15) is 5.82 Å². The van der Waals surface area contributed by atoms with Crippen molar-refractivity contribution in [3.05, 3.63) is 12.3 Å². The van der Waals surface area contributed by atoms with E-state index in [9.17, 15) is 4.79 Å². The molecule has 0 atom stereocenters. The van der Waals surface area contributed by atoms with Crippen molar-refractivity contribution in [2.75, 3.05) is 11.1 Å². The topological polar surface area (TPSA) is 107 Å². The molecule has 1 heterocycles. The standard InChI is InChI=1S/C11H17N5O/c12-10(17)7-1-3-8(4-2-7)15-9-5-6-14-11(13)16-9/h5-8H,1-4H2,(H2,12,17)(H3,13,14,15,16). The van der Waals surface area contributed by atoms with E-state index in [0.29, 0.717) is 6.04 Å². The van der Waals surface area contributed by atoms with Gasteiger partial charge in [-0.25, -0.2) is 4.98 Å². The predicted octanol–water partition coefficient (Wildman–Crippen LogP) is 0.515. The molecule has 1 amide bonds. The Morgan fingerprint density at radius 2 is 2.06 bits per heavy atom. The lowest BCUT2D eigenvalue weighted by molar-refractivity contribution is -0.122. The zero-order chi connectivity index (χ0) is 12.3. The molecule has 0 bridgehead atoms. The first-order chi connectivity index (χ1) is 8.15. The third kappa shape index (κ3) is 3.05. The highest BCUT2D eigenvalue weighted by Crippen LogP contribution is 2.25. The summed E-state index contributed by atoms with van der Waals surface area (Å²) < 4.78 is 0. The molecule has 1 aliphatic carbocycles. The molecule has 6 nitrogen and oxygen atoms in total. The summed E-state index contributed by atoms with van der Waals surface area (Å²) in [4.78, 5) is 18.9. The van der Waals surface area contributed by atoms with E-state index in [4.69, 9.17) is 11.5 Å². The van der Waals surface area contributed by atoms with Gasteiger partial charge in [-0.3, -0.25) is 4.79 Å². The second kappa shape index (κ2) is 4.99. The molecule has 17 heavy (non-hydrogen) atoms. The van der Waals surface area contributed by atoms with Crippen LogP contribution in [0, 0.1) is 5.92 Å². The monoisotopic (exact) mass is 235 g/mol. The van der Waals surface area contributed by atoms with Gasteiger partial charge < -0.3 is 16.8 Å². The average molecular weight is 235 g/mol. The molecule has 1 aromatic heterocycles. The lowest BCUT2D eigenvalue weighted by atomic mass is 9.85. The van der Waals surface area contributed by atoms with Crippen molar-refractivity contribution in [3.8, 4) is 0 Å². The molecular weight excluding hydrogens is 218 g/mol. The van der Waals surface area contributed by atoms with Crippen molar-refractivity contribution in [3.63, 3.8) is 0 Å². The van der Waals surface area contributed by atoms with E-state index in [1.807, 2.05) is 0 Å². The highest BCUT2D eigenvalue weighted by Gasteiger charge is 2.24. The summed E-state index contributed by atoms with van der Waals surface area (Å²) in [7, 11) is 0. The first-order valence-corrected chi connectivity index (χ1v) is 5.79. The van der Waals surface area contributed by atoms with E-state index in [1.165, 1.54) is 0 Å². The quantitative estimate of drug-likeness (QED) is 0.707. The van der Waals surface area contributed by atoms with Crippen LogP contribution in [0.15, 0.2) is 12.3 Å². The first-order valence-electron chi connectivity index (χ1n) is 5.79. The smallest absolute Gasteiger partial charge is 0.221 e. The van der Waals surface area contributed by atoms with Crippen LogP contribution in [0.4, 0.5) is 11.8 Å².